The lowest BCUT2D eigenvalue weighted by atomic mass is 10.0. The molecule has 98 valence electrons. The number of nitrogens with zero attached hydrogens (tertiary/aromatic N) is 3. The molecule has 0 saturated carbocycles. The van der Waals surface area contributed by atoms with Crippen LogP contribution in [-0.2, 0) is 13.5 Å². The van der Waals surface area contributed by atoms with Crippen LogP contribution in [0.15, 0.2) is 24.5 Å². The van der Waals surface area contributed by atoms with Crippen molar-refractivity contribution in [2.24, 2.45) is 7.05 Å². The minimum Gasteiger partial charge on any atom is -0.465 e. The highest BCUT2D eigenvalue weighted by Gasteiger charge is 2.26. The minimum atomic E-state index is -1.01. The molecule has 1 aromatic carbocycles. The van der Waals surface area contributed by atoms with Crippen LogP contribution in [0.1, 0.15) is 5.56 Å². The zero-order valence-corrected chi connectivity index (χ0v) is 10.3. The third kappa shape index (κ3) is 1.85. The number of halogens is 1. The first kappa shape index (κ1) is 11.7. The zero-order chi connectivity index (χ0) is 13.6. The van der Waals surface area contributed by atoms with E-state index in [1.807, 2.05) is 0 Å². The molecule has 5 nitrogen and oxygen atoms in total. The average molecular weight is 261 g/mol. The maximum atomic E-state index is 14.1. The fourth-order valence-electron chi connectivity index (χ4n) is 2.39. The summed E-state index contributed by atoms with van der Waals surface area (Å²) in [6.07, 6.45) is 2.80. The Hall–Kier alpha value is -2.37. The number of amides is 1. The van der Waals surface area contributed by atoms with Crippen LogP contribution in [0.2, 0.25) is 0 Å². The first-order valence-corrected chi connectivity index (χ1v) is 5.88. The Labute approximate surface area is 108 Å². The second-order valence-corrected chi connectivity index (χ2v) is 4.55. The van der Waals surface area contributed by atoms with Crippen LogP contribution in [0.3, 0.4) is 0 Å². The second kappa shape index (κ2) is 4.08. The summed E-state index contributed by atoms with van der Waals surface area (Å²) in [5, 5.41) is 13.1. The molecule has 0 unspecified atom stereocenters. The van der Waals surface area contributed by atoms with E-state index < -0.39 is 6.09 Å². The van der Waals surface area contributed by atoms with E-state index in [2.05, 4.69) is 5.10 Å². The van der Waals surface area contributed by atoms with Gasteiger partial charge in [0.15, 0.2) is 0 Å². The Kier molecular flexibility index (Phi) is 2.51. The molecule has 2 heterocycles. The van der Waals surface area contributed by atoms with Gasteiger partial charge in [0.1, 0.15) is 5.82 Å². The number of benzene rings is 1. The largest absolute Gasteiger partial charge is 0.465 e. The maximum absolute atomic E-state index is 14.1. The van der Waals surface area contributed by atoms with Gasteiger partial charge in [-0.2, -0.15) is 5.10 Å². The van der Waals surface area contributed by atoms with Crippen molar-refractivity contribution in [3.8, 4) is 11.1 Å². The smallest absolute Gasteiger partial charge is 0.411 e. The van der Waals surface area contributed by atoms with Crippen LogP contribution in [0, 0.1) is 5.82 Å². The van der Waals surface area contributed by atoms with Gasteiger partial charge in [0.05, 0.1) is 11.9 Å². The summed E-state index contributed by atoms with van der Waals surface area (Å²) in [6, 6.07) is 3.00. The van der Waals surface area contributed by atoms with Crippen molar-refractivity contribution in [1.82, 2.24) is 9.78 Å². The number of aryl methyl sites for hydroxylation is 1. The molecule has 0 bridgehead atoms. The van der Waals surface area contributed by atoms with Gasteiger partial charge >= 0.3 is 6.09 Å². The predicted octanol–water partition coefficient (Wildman–Crippen LogP) is 2.27. The summed E-state index contributed by atoms with van der Waals surface area (Å²) in [5.41, 5.74) is 2.31. The van der Waals surface area contributed by atoms with Crippen LogP contribution >= 0.6 is 0 Å². The highest BCUT2D eigenvalue weighted by molar-refractivity contribution is 5.90. The molecule has 2 aromatic rings. The molecule has 19 heavy (non-hydrogen) atoms. The average Bonchev–Trinajstić information content (AvgIpc) is 2.93. The number of hydrogen-bond donors (Lipinski definition) is 1. The normalized spacial score (nSPS) is 13.7. The van der Waals surface area contributed by atoms with Crippen LogP contribution in [-0.4, -0.2) is 27.5 Å². The molecule has 0 fully saturated rings. The summed E-state index contributed by atoms with van der Waals surface area (Å²) >= 11 is 0. The third-order valence-corrected chi connectivity index (χ3v) is 3.31. The summed E-state index contributed by atoms with van der Waals surface area (Å²) in [7, 11) is 1.75. The number of rotatable bonds is 1. The Balaban J connectivity index is 2.13. The molecule has 0 spiro atoms. The lowest BCUT2D eigenvalue weighted by Gasteiger charge is -2.13. The lowest BCUT2D eigenvalue weighted by molar-refractivity contribution is 0.202. The van der Waals surface area contributed by atoms with Gasteiger partial charge in [-0.15, -0.1) is 0 Å². The van der Waals surface area contributed by atoms with Crippen molar-refractivity contribution >= 4 is 11.8 Å². The molecular formula is C13H12FN3O2. The van der Waals surface area contributed by atoms with E-state index in [1.54, 1.807) is 30.2 Å². The lowest BCUT2D eigenvalue weighted by Crippen LogP contribution is -2.26. The van der Waals surface area contributed by atoms with Gasteiger partial charge in [-0.1, -0.05) is 0 Å². The summed E-state index contributed by atoms with van der Waals surface area (Å²) in [4.78, 5) is 12.4. The van der Waals surface area contributed by atoms with E-state index >= 15 is 0 Å². The van der Waals surface area contributed by atoms with Crippen molar-refractivity contribution in [2.45, 2.75) is 6.42 Å². The van der Waals surface area contributed by atoms with Gasteiger partial charge in [-0.3, -0.25) is 9.58 Å². The standard InChI is InChI=1S/C13H12FN3O2/c1-16-7-9(6-15-16)10-5-12-8(4-11(10)14)2-3-17(12)13(18)19/h4-7H,2-3H2,1H3,(H,18,19). The van der Waals surface area contributed by atoms with E-state index in [4.69, 9.17) is 5.11 Å². The number of anilines is 1. The number of aromatic nitrogens is 2. The molecule has 0 radical (unpaired) electrons. The van der Waals surface area contributed by atoms with E-state index in [1.165, 1.54) is 11.0 Å². The highest BCUT2D eigenvalue weighted by atomic mass is 19.1. The predicted molar refractivity (Wildman–Crippen MR) is 67.7 cm³/mol. The van der Waals surface area contributed by atoms with Crippen molar-refractivity contribution in [3.05, 3.63) is 35.9 Å². The van der Waals surface area contributed by atoms with Crippen molar-refractivity contribution in [3.63, 3.8) is 0 Å². The van der Waals surface area contributed by atoms with Gasteiger partial charge in [0.2, 0.25) is 0 Å². The van der Waals surface area contributed by atoms with Crippen molar-refractivity contribution in [2.75, 3.05) is 11.4 Å². The minimum absolute atomic E-state index is 0.348. The van der Waals surface area contributed by atoms with Crippen LogP contribution in [0.4, 0.5) is 14.9 Å². The number of hydrogen-bond acceptors (Lipinski definition) is 2. The number of carbonyl (C=O) groups is 1. The first-order valence-electron chi connectivity index (χ1n) is 5.88. The van der Waals surface area contributed by atoms with E-state index in [9.17, 15) is 9.18 Å². The zero-order valence-electron chi connectivity index (χ0n) is 10.3. The molecule has 1 aliphatic rings. The molecular weight excluding hydrogens is 249 g/mol. The second-order valence-electron chi connectivity index (χ2n) is 4.55. The van der Waals surface area contributed by atoms with E-state index in [0.717, 1.165) is 5.56 Å². The van der Waals surface area contributed by atoms with Crippen LogP contribution in [0.5, 0.6) is 0 Å². The number of fused-ring (bicyclic) bond motifs is 1. The van der Waals surface area contributed by atoms with Gasteiger partial charge < -0.3 is 5.11 Å². The Morgan fingerprint density at radius 2 is 2.26 bits per heavy atom. The molecule has 0 atom stereocenters. The Bertz CT molecular complexity index is 666. The van der Waals surface area contributed by atoms with E-state index in [0.29, 0.717) is 29.8 Å². The monoisotopic (exact) mass is 261 g/mol. The summed E-state index contributed by atoms with van der Waals surface area (Å²) < 4.78 is 15.6. The van der Waals surface area contributed by atoms with Gasteiger partial charge in [-0.25, -0.2) is 9.18 Å². The van der Waals surface area contributed by atoms with E-state index in [-0.39, 0.29) is 5.82 Å². The fraction of sp³-hybridized carbons (Fsp3) is 0.231. The summed E-state index contributed by atoms with van der Waals surface area (Å²) in [6.45, 7) is 0.376. The van der Waals surface area contributed by atoms with Crippen LogP contribution in [0.25, 0.3) is 11.1 Å². The Morgan fingerprint density at radius 3 is 2.89 bits per heavy atom. The molecule has 1 aromatic heterocycles. The molecule has 0 saturated heterocycles. The first-order chi connectivity index (χ1) is 9.06. The van der Waals surface area contributed by atoms with Gasteiger partial charge in [-0.05, 0) is 24.1 Å². The molecule has 1 N–H and O–H groups in total. The molecule has 1 aliphatic heterocycles. The van der Waals surface area contributed by atoms with Gasteiger partial charge in [0.25, 0.3) is 0 Å². The SMILES string of the molecule is Cn1cc(-c2cc3c(cc2F)CCN3C(=O)O)cn1. The summed E-state index contributed by atoms with van der Waals surface area (Å²) in [5.74, 6) is -0.348. The fourth-order valence-corrected chi connectivity index (χ4v) is 2.39. The Morgan fingerprint density at radius 1 is 1.47 bits per heavy atom. The third-order valence-electron chi connectivity index (χ3n) is 3.31. The molecule has 6 heteroatoms. The highest BCUT2D eigenvalue weighted by Crippen LogP contribution is 2.34. The van der Waals surface area contributed by atoms with Crippen molar-refractivity contribution < 1.29 is 14.3 Å². The molecule has 0 aliphatic carbocycles. The van der Waals surface area contributed by atoms with Gasteiger partial charge in [0, 0.05) is 30.9 Å². The van der Waals surface area contributed by atoms with Crippen molar-refractivity contribution in [1.29, 1.82) is 0 Å². The molecule has 3 rings (SSSR count). The maximum Gasteiger partial charge on any atom is 0.411 e. The quantitative estimate of drug-likeness (QED) is 0.856. The number of carboxylic acid groups (broad SMARTS) is 1. The molecule has 1 amide bonds. The van der Waals surface area contributed by atoms with Crippen LogP contribution < -0.4 is 4.90 Å². The topological polar surface area (TPSA) is 58.4 Å².